The second-order valence-corrected chi connectivity index (χ2v) is 7.95. The molecule has 1 nitrogen and oxygen atoms in total. The van der Waals surface area contributed by atoms with Crippen molar-refractivity contribution >= 4 is 17.7 Å². The Bertz CT molecular complexity index is 982. The van der Waals surface area contributed by atoms with Gasteiger partial charge in [-0.3, -0.25) is 0 Å². The van der Waals surface area contributed by atoms with Crippen LogP contribution in [-0.2, 0) is 0 Å². The number of nitrogens with one attached hydrogen (secondary N) is 1. The molecule has 0 spiro atoms. The largest absolute Gasteiger partial charge is 0.379 e. The van der Waals surface area contributed by atoms with Crippen molar-refractivity contribution in [2.75, 3.05) is 0 Å². The van der Waals surface area contributed by atoms with Crippen LogP contribution in [-0.4, -0.2) is 0 Å². The van der Waals surface area contributed by atoms with Crippen molar-refractivity contribution in [2.24, 2.45) is 0 Å². The third-order valence-electron chi connectivity index (χ3n) is 4.27. The Labute approximate surface area is 192 Å². The summed E-state index contributed by atoms with van der Waals surface area (Å²) in [6.45, 7) is 18.0. The first-order chi connectivity index (χ1) is 14.6. The molecular weight excluding hydrogens is 405 g/mol. The van der Waals surface area contributed by atoms with Gasteiger partial charge < -0.3 is 5.32 Å². The molecule has 1 atom stereocenters. The van der Waals surface area contributed by atoms with Crippen LogP contribution in [0.5, 0.6) is 0 Å². The van der Waals surface area contributed by atoms with Crippen molar-refractivity contribution in [3.63, 3.8) is 0 Å². The highest BCUT2D eigenvalue weighted by atomic mass is 35.5. The van der Waals surface area contributed by atoms with E-state index in [4.69, 9.17) is 11.6 Å². The maximum atomic E-state index is 13.0. The molecule has 2 aromatic rings. The Morgan fingerprint density at radius 3 is 2.39 bits per heavy atom. The minimum absolute atomic E-state index is 0.153. The number of aryl methyl sites for hydroxylation is 1. The Morgan fingerprint density at radius 2 is 1.81 bits per heavy atom. The second-order valence-electron chi connectivity index (χ2n) is 7.54. The third kappa shape index (κ3) is 10.7. The van der Waals surface area contributed by atoms with E-state index in [0.29, 0.717) is 5.02 Å². The van der Waals surface area contributed by atoms with Crippen LogP contribution in [0, 0.1) is 12.7 Å². The summed E-state index contributed by atoms with van der Waals surface area (Å²) in [5.41, 5.74) is 6.32. The molecule has 0 amide bonds. The number of rotatable bonds is 7. The van der Waals surface area contributed by atoms with Crippen LogP contribution in [0.3, 0.4) is 0 Å². The van der Waals surface area contributed by atoms with Gasteiger partial charge in [-0.1, -0.05) is 96.1 Å². The maximum Gasteiger partial charge on any atom is 0.124 e. The summed E-state index contributed by atoms with van der Waals surface area (Å²) in [6.07, 6.45) is 9.80. The second kappa shape index (κ2) is 13.5. The molecule has 0 aliphatic heterocycles. The number of benzene rings is 2. The molecule has 3 heteroatoms. The first kappa shape index (κ1) is 26.2. The van der Waals surface area contributed by atoms with Gasteiger partial charge in [0.2, 0.25) is 0 Å². The average molecular weight is 438 g/mol. The van der Waals surface area contributed by atoms with E-state index in [-0.39, 0.29) is 11.9 Å². The third-order valence-corrected chi connectivity index (χ3v) is 4.60. The predicted octanol–water partition coefficient (Wildman–Crippen LogP) is 8.75. The molecule has 1 unspecified atom stereocenters. The number of halogens is 2. The molecule has 0 fully saturated rings. The zero-order valence-electron chi connectivity index (χ0n) is 19.2. The van der Waals surface area contributed by atoms with E-state index in [1.807, 2.05) is 38.1 Å². The van der Waals surface area contributed by atoms with Crippen LogP contribution in [0.25, 0.3) is 6.08 Å². The number of hydrogen-bond donors (Lipinski definition) is 1. The fourth-order valence-corrected chi connectivity index (χ4v) is 3.11. The van der Waals surface area contributed by atoms with Crippen molar-refractivity contribution in [3.8, 4) is 0 Å². The van der Waals surface area contributed by atoms with Crippen LogP contribution >= 0.6 is 11.6 Å². The van der Waals surface area contributed by atoms with E-state index in [0.717, 1.165) is 16.8 Å². The van der Waals surface area contributed by atoms with Crippen LogP contribution in [0.2, 0.25) is 5.02 Å². The fourth-order valence-electron chi connectivity index (χ4n) is 2.88. The normalized spacial score (nSPS) is 12.4. The molecule has 0 saturated carbocycles. The zero-order chi connectivity index (χ0) is 23.4. The Balaban J connectivity index is 0.000000452. The lowest BCUT2D eigenvalue weighted by Gasteiger charge is -2.16. The molecule has 0 bridgehead atoms. The summed E-state index contributed by atoms with van der Waals surface area (Å²) in [6, 6.07) is 12.8. The first-order valence-electron chi connectivity index (χ1n) is 10.2. The van der Waals surface area contributed by atoms with Gasteiger partial charge in [0.25, 0.3) is 0 Å². The monoisotopic (exact) mass is 437 g/mol. The van der Waals surface area contributed by atoms with Gasteiger partial charge in [-0.2, -0.15) is 0 Å². The quantitative estimate of drug-likeness (QED) is 0.427. The number of allylic oxidation sites excluding steroid dienone is 6. The lowest BCUT2D eigenvalue weighted by atomic mass is 10.1. The van der Waals surface area contributed by atoms with E-state index in [1.54, 1.807) is 6.07 Å². The molecule has 0 heterocycles. The fraction of sp³-hybridized carbons (Fsp3) is 0.214. The summed E-state index contributed by atoms with van der Waals surface area (Å²) in [5, 5.41) is 3.71. The average Bonchev–Trinajstić information content (AvgIpc) is 2.67. The van der Waals surface area contributed by atoms with Gasteiger partial charge >= 0.3 is 0 Å². The molecule has 0 aliphatic rings. The van der Waals surface area contributed by atoms with Crippen molar-refractivity contribution in [1.29, 1.82) is 0 Å². The minimum atomic E-state index is -0.341. The molecule has 31 heavy (non-hydrogen) atoms. The van der Waals surface area contributed by atoms with Gasteiger partial charge in [0.1, 0.15) is 5.82 Å². The highest BCUT2D eigenvalue weighted by molar-refractivity contribution is 6.32. The van der Waals surface area contributed by atoms with E-state index < -0.39 is 0 Å². The Hall–Kier alpha value is -2.84. The first-order valence-corrected chi connectivity index (χ1v) is 10.6. The van der Waals surface area contributed by atoms with Crippen molar-refractivity contribution in [1.82, 2.24) is 5.32 Å². The van der Waals surface area contributed by atoms with Gasteiger partial charge in [0.05, 0.1) is 5.02 Å². The van der Waals surface area contributed by atoms with Gasteiger partial charge in [-0.05, 0) is 64.0 Å². The summed E-state index contributed by atoms with van der Waals surface area (Å²) in [7, 11) is 0. The molecule has 2 rings (SSSR count). The van der Waals surface area contributed by atoms with Gasteiger partial charge in [0.15, 0.2) is 0 Å². The lowest BCUT2D eigenvalue weighted by Crippen LogP contribution is -2.16. The molecule has 1 N–H and O–H groups in total. The van der Waals surface area contributed by atoms with Crippen molar-refractivity contribution in [3.05, 3.63) is 124 Å². The van der Waals surface area contributed by atoms with Crippen molar-refractivity contribution < 1.29 is 4.39 Å². The zero-order valence-corrected chi connectivity index (χ0v) is 19.9. The summed E-state index contributed by atoms with van der Waals surface area (Å²) in [4.78, 5) is 0. The van der Waals surface area contributed by atoms with Crippen LogP contribution in [0.4, 0.5) is 4.39 Å². The SMILES string of the molecule is C=C(/C=C/c1ccc(F)cc1Cl)NC(C)c1cccc(C)c1.C=C(C)/C=C(C)\C=C/C. The molecular formula is C28H33ClFN. The summed E-state index contributed by atoms with van der Waals surface area (Å²) < 4.78 is 13.0. The standard InChI is InChI=1S/C19H19ClFN.C9H14/c1-13-5-4-6-17(11-13)15(3)22-14(2)7-8-16-9-10-18(21)12-19(16)20;1-5-6-9(4)7-8(2)3/h4-12,15,22H,2H2,1,3H3;5-7H,2H2,1,3-4H3/b8-7+;6-5-,9-7-. The van der Waals surface area contributed by atoms with E-state index in [2.05, 4.69) is 69.6 Å². The molecule has 0 aliphatic carbocycles. The highest BCUT2D eigenvalue weighted by Crippen LogP contribution is 2.20. The van der Waals surface area contributed by atoms with Gasteiger partial charge in [0, 0.05) is 11.7 Å². The summed E-state index contributed by atoms with van der Waals surface area (Å²) in [5.74, 6) is -0.341. The highest BCUT2D eigenvalue weighted by Gasteiger charge is 2.05. The van der Waals surface area contributed by atoms with E-state index >= 15 is 0 Å². The van der Waals surface area contributed by atoms with Gasteiger partial charge in [-0.15, -0.1) is 0 Å². The number of hydrogen-bond acceptors (Lipinski definition) is 1. The maximum absolute atomic E-state index is 13.0. The van der Waals surface area contributed by atoms with Crippen molar-refractivity contribution in [2.45, 2.75) is 40.7 Å². The molecule has 0 radical (unpaired) electrons. The Kier molecular flexibility index (Phi) is 11.4. The van der Waals surface area contributed by atoms with Crippen LogP contribution in [0.15, 0.2) is 96.8 Å². The lowest BCUT2D eigenvalue weighted by molar-refractivity contribution is 0.628. The minimum Gasteiger partial charge on any atom is -0.379 e. The van der Waals surface area contributed by atoms with E-state index in [1.165, 1.54) is 28.8 Å². The molecule has 164 valence electrons. The molecule has 0 saturated heterocycles. The van der Waals surface area contributed by atoms with Crippen LogP contribution in [0.1, 0.15) is 50.4 Å². The summed E-state index contributed by atoms with van der Waals surface area (Å²) >= 11 is 5.99. The van der Waals surface area contributed by atoms with Gasteiger partial charge in [-0.25, -0.2) is 4.39 Å². The van der Waals surface area contributed by atoms with E-state index in [9.17, 15) is 4.39 Å². The molecule has 2 aromatic carbocycles. The smallest absolute Gasteiger partial charge is 0.124 e. The topological polar surface area (TPSA) is 12.0 Å². The molecule has 0 aromatic heterocycles. The Morgan fingerprint density at radius 1 is 1.10 bits per heavy atom. The van der Waals surface area contributed by atoms with Crippen LogP contribution < -0.4 is 5.32 Å². The predicted molar refractivity (Wildman–Crippen MR) is 136 cm³/mol.